The molecule has 0 aromatic carbocycles. The molecular weight excluding hydrogens is 294 g/mol. The molecule has 23 heavy (non-hydrogen) atoms. The monoisotopic (exact) mass is 323 g/mol. The molecule has 0 saturated carbocycles. The number of likely N-dealkylation sites (tertiary alicyclic amines) is 2. The highest BCUT2D eigenvalue weighted by Gasteiger charge is 2.27. The molecule has 0 bridgehead atoms. The molecule has 0 aromatic heterocycles. The van der Waals surface area contributed by atoms with E-state index in [1.165, 1.54) is 0 Å². The number of hydrogen-bond acceptors (Lipinski definition) is 3. The molecule has 130 valence electrons. The number of hydrogen-bond donors (Lipinski definition) is 1. The Morgan fingerprint density at radius 3 is 2.35 bits per heavy atom. The molecular formula is C17H29N3O3. The van der Waals surface area contributed by atoms with Crippen LogP contribution < -0.4 is 5.32 Å². The standard InChI is InChI=1S/C17H29N3O3/c21-16(19-7-1-2-8-19)12-14-5-9-20(10-6-14)17(22)18-13-15-4-3-11-23-15/h14-15H,1-13H2,(H,18,22). The molecule has 3 saturated heterocycles. The van der Waals surface area contributed by atoms with Crippen molar-refractivity contribution in [1.82, 2.24) is 15.1 Å². The maximum atomic E-state index is 12.2. The van der Waals surface area contributed by atoms with Crippen LogP contribution in [0.15, 0.2) is 0 Å². The van der Waals surface area contributed by atoms with Gasteiger partial charge in [0.05, 0.1) is 6.10 Å². The number of rotatable bonds is 4. The summed E-state index contributed by atoms with van der Waals surface area (Å²) in [5.41, 5.74) is 0. The predicted octanol–water partition coefficient (Wildman–Crippen LogP) is 1.60. The summed E-state index contributed by atoms with van der Waals surface area (Å²) in [4.78, 5) is 28.3. The Morgan fingerprint density at radius 1 is 0.957 bits per heavy atom. The van der Waals surface area contributed by atoms with Crippen LogP contribution in [0, 0.1) is 5.92 Å². The lowest BCUT2D eigenvalue weighted by molar-refractivity contribution is -0.131. The molecule has 3 aliphatic rings. The zero-order valence-electron chi connectivity index (χ0n) is 14.0. The van der Waals surface area contributed by atoms with Gasteiger partial charge in [-0.15, -0.1) is 0 Å². The summed E-state index contributed by atoms with van der Waals surface area (Å²) in [7, 11) is 0. The Balaban J connectivity index is 1.34. The normalized spacial score (nSPS) is 25.8. The van der Waals surface area contributed by atoms with Gasteiger partial charge in [0.2, 0.25) is 5.91 Å². The van der Waals surface area contributed by atoms with Gasteiger partial charge in [0.1, 0.15) is 0 Å². The Bertz CT molecular complexity index is 409. The second-order valence-corrected chi connectivity index (χ2v) is 7.04. The highest BCUT2D eigenvalue weighted by molar-refractivity contribution is 5.77. The second kappa shape index (κ2) is 7.99. The Morgan fingerprint density at radius 2 is 1.70 bits per heavy atom. The molecule has 0 aliphatic carbocycles. The van der Waals surface area contributed by atoms with Gasteiger partial charge in [-0.3, -0.25) is 4.79 Å². The van der Waals surface area contributed by atoms with Gasteiger partial charge < -0.3 is 19.9 Å². The number of piperidine rings is 1. The lowest BCUT2D eigenvalue weighted by atomic mass is 9.93. The summed E-state index contributed by atoms with van der Waals surface area (Å²) in [6.07, 6.45) is 7.15. The molecule has 3 heterocycles. The number of carbonyl (C=O) groups is 2. The largest absolute Gasteiger partial charge is 0.376 e. The molecule has 3 fully saturated rings. The van der Waals surface area contributed by atoms with Crippen LogP contribution in [0.5, 0.6) is 0 Å². The van der Waals surface area contributed by atoms with Crippen LogP contribution in [0.2, 0.25) is 0 Å². The second-order valence-electron chi connectivity index (χ2n) is 7.04. The highest BCUT2D eigenvalue weighted by atomic mass is 16.5. The molecule has 0 spiro atoms. The maximum absolute atomic E-state index is 12.2. The molecule has 3 rings (SSSR count). The number of carbonyl (C=O) groups excluding carboxylic acids is 2. The van der Waals surface area contributed by atoms with Crippen molar-refractivity contribution in [1.29, 1.82) is 0 Å². The number of nitrogens with one attached hydrogen (secondary N) is 1. The van der Waals surface area contributed by atoms with Crippen molar-refractivity contribution in [3.8, 4) is 0 Å². The molecule has 3 aliphatic heterocycles. The van der Waals surface area contributed by atoms with Crippen molar-refractivity contribution in [3.05, 3.63) is 0 Å². The maximum Gasteiger partial charge on any atom is 0.317 e. The average molecular weight is 323 g/mol. The Kier molecular flexibility index (Phi) is 5.75. The summed E-state index contributed by atoms with van der Waals surface area (Å²) < 4.78 is 5.52. The molecule has 6 nitrogen and oxygen atoms in total. The van der Waals surface area contributed by atoms with Crippen molar-refractivity contribution in [2.75, 3.05) is 39.3 Å². The summed E-state index contributed by atoms with van der Waals surface area (Å²) in [5.74, 6) is 0.745. The Hall–Kier alpha value is -1.30. The molecule has 0 aromatic rings. The van der Waals surface area contributed by atoms with Crippen molar-refractivity contribution >= 4 is 11.9 Å². The van der Waals surface area contributed by atoms with Crippen LogP contribution >= 0.6 is 0 Å². The minimum absolute atomic E-state index is 0.0184. The zero-order valence-corrected chi connectivity index (χ0v) is 14.0. The van der Waals surface area contributed by atoms with Gasteiger partial charge in [0.25, 0.3) is 0 Å². The van der Waals surface area contributed by atoms with E-state index in [0.29, 0.717) is 24.8 Å². The number of ether oxygens (including phenoxy) is 1. The van der Waals surface area contributed by atoms with E-state index < -0.39 is 0 Å². The quantitative estimate of drug-likeness (QED) is 0.855. The fourth-order valence-corrected chi connectivity index (χ4v) is 3.80. The van der Waals surface area contributed by atoms with Gasteiger partial charge in [-0.25, -0.2) is 4.79 Å². The van der Waals surface area contributed by atoms with Crippen molar-refractivity contribution < 1.29 is 14.3 Å². The lowest BCUT2D eigenvalue weighted by Gasteiger charge is -2.32. The van der Waals surface area contributed by atoms with E-state index >= 15 is 0 Å². The van der Waals surface area contributed by atoms with Crippen LogP contribution in [-0.2, 0) is 9.53 Å². The van der Waals surface area contributed by atoms with E-state index in [1.54, 1.807) is 0 Å². The van der Waals surface area contributed by atoms with E-state index in [2.05, 4.69) is 5.32 Å². The summed E-state index contributed by atoms with van der Waals surface area (Å²) in [5, 5.41) is 2.98. The first-order chi connectivity index (χ1) is 11.2. The SMILES string of the molecule is O=C(CC1CCN(C(=O)NCC2CCCO2)CC1)N1CCCC1. The molecule has 6 heteroatoms. The van der Waals surface area contributed by atoms with Crippen molar-refractivity contribution in [2.24, 2.45) is 5.92 Å². The van der Waals surface area contributed by atoms with E-state index in [9.17, 15) is 9.59 Å². The molecule has 1 atom stereocenters. The van der Waals surface area contributed by atoms with E-state index in [1.807, 2.05) is 9.80 Å². The highest BCUT2D eigenvalue weighted by Crippen LogP contribution is 2.22. The number of nitrogens with zero attached hydrogens (tertiary/aromatic N) is 2. The van der Waals surface area contributed by atoms with E-state index in [-0.39, 0.29) is 12.1 Å². The molecule has 1 N–H and O–H groups in total. The summed E-state index contributed by atoms with van der Waals surface area (Å²) in [6.45, 7) is 4.82. The molecule has 0 radical (unpaired) electrons. The van der Waals surface area contributed by atoms with Crippen molar-refractivity contribution in [3.63, 3.8) is 0 Å². The van der Waals surface area contributed by atoms with Gasteiger partial charge >= 0.3 is 6.03 Å². The third kappa shape index (κ3) is 4.59. The van der Waals surface area contributed by atoms with Crippen LogP contribution in [0.25, 0.3) is 0 Å². The van der Waals surface area contributed by atoms with E-state index in [4.69, 9.17) is 4.74 Å². The van der Waals surface area contributed by atoms with Gasteiger partial charge in [-0.2, -0.15) is 0 Å². The van der Waals surface area contributed by atoms with Crippen LogP contribution in [0.1, 0.15) is 44.9 Å². The molecule has 3 amide bonds. The van der Waals surface area contributed by atoms with Crippen LogP contribution in [0.3, 0.4) is 0 Å². The lowest BCUT2D eigenvalue weighted by Crippen LogP contribution is -2.46. The smallest absolute Gasteiger partial charge is 0.317 e. The third-order valence-electron chi connectivity index (χ3n) is 5.33. The fourth-order valence-electron chi connectivity index (χ4n) is 3.80. The van der Waals surface area contributed by atoms with Gasteiger partial charge in [-0.05, 0) is 44.4 Å². The number of urea groups is 1. The Labute approximate surface area is 138 Å². The first-order valence-corrected chi connectivity index (χ1v) is 9.14. The van der Waals surface area contributed by atoms with Gasteiger partial charge in [-0.1, -0.05) is 0 Å². The van der Waals surface area contributed by atoms with Crippen molar-refractivity contribution in [2.45, 2.75) is 51.0 Å². The van der Waals surface area contributed by atoms with Gasteiger partial charge in [0, 0.05) is 45.8 Å². The van der Waals surface area contributed by atoms with E-state index in [0.717, 1.165) is 71.3 Å². The summed E-state index contributed by atoms with van der Waals surface area (Å²) in [6, 6.07) is 0.0184. The van der Waals surface area contributed by atoms with Crippen LogP contribution in [-0.4, -0.2) is 67.2 Å². The minimum Gasteiger partial charge on any atom is -0.376 e. The topological polar surface area (TPSA) is 61.9 Å². The fraction of sp³-hybridized carbons (Fsp3) is 0.882. The average Bonchev–Trinajstić information content (AvgIpc) is 3.26. The first kappa shape index (κ1) is 16.6. The van der Waals surface area contributed by atoms with Crippen LogP contribution in [0.4, 0.5) is 4.79 Å². The van der Waals surface area contributed by atoms with Gasteiger partial charge in [0.15, 0.2) is 0 Å². The predicted molar refractivity (Wildman–Crippen MR) is 87.1 cm³/mol. The third-order valence-corrected chi connectivity index (χ3v) is 5.33. The first-order valence-electron chi connectivity index (χ1n) is 9.14. The number of amides is 3. The summed E-state index contributed by atoms with van der Waals surface area (Å²) >= 11 is 0. The zero-order chi connectivity index (χ0) is 16.1. The minimum atomic E-state index is 0.0184. The molecule has 1 unspecified atom stereocenters.